The molecule has 1 aliphatic rings. The quantitative estimate of drug-likeness (QED) is 0.456. The molecule has 32 heavy (non-hydrogen) atoms. The lowest BCUT2D eigenvalue weighted by Crippen LogP contribution is -2.30. The number of methoxy groups -OCH3 is 1. The molecule has 7 nitrogen and oxygen atoms in total. The minimum Gasteiger partial charge on any atom is -0.496 e. The summed E-state index contributed by atoms with van der Waals surface area (Å²) in [6.45, 7) is 4.19. The molecule has 2 aromatic carbocycles. The van der Waals surface area contributed by atoms with Crippen molar-refractivity contribution >= 4 is 35.0 Å². The van der Waals surface area contributed by atoms with Crippen LogP contribution in [0.1, 0.15) is 22.4 Å². The summed E-state index contributed by atoms with van der Waals surface area (Å²) in [6.07, 6.45) is 3.55. The summed E-state index contributed by atoms with van der Waals surface area (Å²) in [6, 6.07) is 13.6. The largest absolute Gasteiger partial charge is 0.496 e. The normalized spacial score (nSPS) is 14.8. The highest BCUT2D eigenvalue weighted by Gasteiger charge is 2.33. The Bertz CT molecular complexity index is 1230. The minimum atomic E-state index is -0.223. The number of benzene rings is 2. The Balaban J connectivity index is 1.59. The topological polar surface area (TPSA) is 68.6 Å². The summed E-state index contributed by atoms with van der Waals surface area (Å²) in [7, 11) is 3.43. The third-order valence-electron chi connectivity index (χ3n) is 5.20. The number of carbonyl (C=O) groups excluding carboxylic acids is 1. The van der Waals surface area contributed by atoms with Gasteiger partial charge in [0.05, 0.1) is 18.5 Å². The van der Waals surface area contributed by atoms with Crippen LogP contribution in [-0.4, -0.2) is 27.9 Å². The molecule has 0 bridgehead atoms. The van der Waals surface area contributed by atoms with E-state index in [1.807, 2.05) is 63.4 Å². The van der Waals surface area contributed by atoms with Crippen molar-refractivity contribution < 1.29 is 14.3 Å². The van der Waals surface area contributed by atoms with E-state index < -0.39 is 0 Å². The Morgan fingerprint density at radius 1 is 1.16 bits per heavy atom. The highest BCUT2D eigenvalue weighted by molar-refractivity contribution is 7.80. The van der Waals surface area contributed by atoms with Crippen molar-refractivity contribution in [3.8, 4) is 11.5 Å². The Labute approximate surface area is 192 Å². The van der Waals surface area contributed by atoms with Crippen LogP contribution in [-0.2, 0) is 18.4 Å². The number of carbonyl (C=O) groups is 1. The number of hydrogen-bond acceptors (Lipinski definition) is 5. The Morgan fingerprint density at radius 3 is 2.62 bits per heavy atom. The second kappa shape index (κ2) is 8.84. The zero-order valence-corrected chi connectivity index (χ0v) is 19.2. The Hall–Kier alpha value is -3.65. The minimum absolute atomic E-state index is 0.223. The summed E-state index contributed by atoms with van der Waals surface area (Å²) >= 11 is 5.41. The average molecular weight is 449 g/mol. The number of thiocarbonyl (C=S) groups is 1. The number of amides is 1. The SMILES string of the molecule is COc1ccc(/C=C2/NC(=S)N(c3cn(C)nc3C)C2=O)cc1COc1ccccc1C. The molecule has 0 aliphatic carbocycles. The highest BCUT2D eigenvalue weighted by atomic mass is 32.1. The number of aryl methyl sites for hydroxylation is 3. The van der Waals surface area contributed by atoms with Crippen LogP contribution < -0.4 is 19.7 Å². The number of hydrogen-bond donors (Lipinski definition) is 1. The van der Waals surface area contributed by atoms with Gasteiger partial charge in [0.25, 0.3) is 5.91 Å². The lowest BCUT2D eigenvalue weighted by Gasteiger charge is -2.13. The van der Waals surface area contributed by atoms with Crippen LogP contribution in [0.4, 0.5) is 5.69 Å². The number of nitrogens with zero attached hydrogens (tertiary/aromatic N) is 3. The number of aromatic nitrogens is 2. The molecule has 3 aromatic rings. The highest BCUT2D eigenvalue weighted by Crippen LogP contribution is 2.27. The van der Waals surface area contributed by atoms with Gasteiger partial charge in [0.2, 0.25) is 0 Å². The fraction of sp³-hybridized carbons (Fsp3) is 0.208. The van der Waals surface area contributed by atoms with Crippen LogP contribution in [0.15, 0.2) is 54.4 Å². The van der Waals surface area contributed by atoms with Gasteiger partial charge in [0.15, 0.2) is 5.11 Å². The van der Waals surface area contributed by atoms with Gasteiger partial charge in [0.1, 0.15) is 23.8 Å². The van der Waals surface area contributed by atoms with E-state index >= 15 is 0 Å². The van der Waals surface area contributed by atoms with E-state index in [4.69, 9.17) is 21.7 Å². The van der Waals surface area contributed by atoms with Gasteiger partial charge in [0, 0.05) is 18.8 Å². The van der Waals surface area contributed by atoms with E-state index in [2.05, 4.69) is 10.4 Å². The smallest absolute Gasteiger partial charge is 0.281 e. The number of para-hydroxylation sites is 1. The Morgan fingerprint density at radius 2 is 1.94 bits per heavy atom. The molecule has 0 unspecified atom stereocenters. The van der Waals surface area contributed by atoms with Gasteiger partial charge < -0.3 is 14.8 Å². The van der Waals surface area contributed by atoms with E-state index in [1.165, 1.54) is 4.90 Å². The number of rotatable bonds is 6. The summed E-state index contributed by atoms with van der Waals surface area (Å²) in [5.41, 5.74) is 4.56. The molecule has 0 radical (unpaired) electrons. The van der Waals surface area contributed by atoms with Gasteiger partial charge in [-0.25, -0.2) is 4.90 Å². The van der Waals surface area contributed by atoms with Crippen molar-refractivity contribution in [1.29, 1.82) is 0 Å². The molecule has 0 atom stereocenters. The molecule has 2 heterocycles. The van der Waals surface area contributed by atoms with Crippen LogP contribution in [0.3, 0.4) is 0 Å². The summed E-state index contributed by atoms with van der Waals surface area (Å²) < 4.78 is 13.2. The number of anilines is 1. The third kappa shape index (κ3) is 4.22. The number of nitrogens with one attached hydrogen (secondary N) is 1. The molecular formula is C24H24N4O3S. The van der Waals surface area contributed by atoms with E-state index in [-0.39, 0.29) is 5.91 Å². The monoisotopic (exact) mass is 448 g/mol. The van der Waals surface area contributed by atoms with Gasteiger partial charge in [-0.3, -0.25) is 9.48 Å². The molecule has 1 fully saturated rings. The second-order valence-corrected chi connectivity index (χ2v) is 7.91. The standard InChI is InChI=1S/C24H24N4O3S/c1-15-7-5-6-8-21(15)31-14-18-11-17(9-10-22(18)30-4)12-19-23(29)28(24(32)25-19)20-13-27(3)26-16(20)2/h5-13H,14H2,1-4H3,(H,25,32)/b19-12+. The van der Waals surface area contributed by atoms with Gasteiger partial charge in [-0.15, -0.1) is 0 Å². The molecule has 0 saturated carbocycles. The first-order valence-electron chi connectivity index (χ1n) is 10.1. The zero-order valence-electron chi connectivity index (χ0n) is 18.4. The van der Waals surface area contributed by atoms with Crippen molar-refractivity contribution in [3.63, 3.8) is 0 Å². The summed E-state index contributed by atoms with van der Waals surface area (Å²) in [4.78, 5) is 14.5. The van der Waals surface area contributed by atoms with Crippen LogP contribution in [0.5, 0.6) is 11.5 Å². The van der Waals surface area contributed by atoms with E-state index in [1.54, 1.807) is 24.1 Å². The third-order valence-corrected chi connectivity index (χ3v) is 5.48. The van der Waals surface area contributed by atoms with Gasteiger partial charge in [-0.05, 0) is 61.5 Å². The van der Waals surface area contributed by atoms with E-state index in [0.717, 1.165) is 33.9 Å². The lowest BCUT2D eigenvalue weighted by atomic mass is 10.1. The molecule has 1 aliphatic heterocycles. The first-order valence-corrected chi connectivity index (χ1v) is 10.5. The van der Waals surface area contributed by atoms with Crippen LogP contribution in [0.2, 0.25) is 0 Å². The molecule has 4 rings (SSSR count). The predicted molar refractivity (Wildman–Crippen MR) is 128 cm³/mol. The van der Waals surface area contributed by atoms with Gasteiger partial charge >= 0.3 is 0 Å². The summed E-state index contributed by atoms with van der Waals surface area (Å²) in [5.74, 6) is 1.31. The maximum absolute atomic E-state index is 13.1. The first kappa shape index (κ1) is 21.6. The van der Waals surface area contributed by atoms with Crippen molar-refractivity contribution in [2.75, 3.05) is 12.0 Å². The molecule has 1 N–H and O–H groups in total. The molecule has 1 saturated heterocycles. The molecule has 1 amide bonds. The fourth-order valence-corrected chi connectivity index (χ4v) is 3.89. The van der Waals surface area contributed by atoms with Gasteiger partial charge in [-0.1, -0.05) is 24.3 Å². The van der Waals surface area contributed by atoms with Crippen LogP contribution in [0.25, 0.3) is 6.08 Å². The lowest BCUT2D eigenvalue weighted by molar-refractivity contribution is -0.113. The van der Waals surface area contributed by atoms with Crippen molar-refractivity contribution in [1.82, 2.24) is 15.1 Å². The van der Waals surface area contributed by atoms with Gasteiger partial charge in [-0.2, -0.15) is 5.10 Å². The molecule has 8 heteroatoms. The maximum Gasteiger partial charge on any atom is 0.281 e. The Kier molecular flexibility index (Phi) is 5.96. The molecular weight excluding hydrogens is 424 g/mol. The molecule has 1 aromatic heterocycles. The van der Waals surface area contributed by atoms with E-state index in [9.17, 15) is 4.79 Å². The summed E-state index contributed by atoms with van der Waals surface area (Å²) in [5, 5.41) is 7.65. The zero-order chi connectivity index (χ0) is 22.8. The van der Waals surface area contributed by atoms with Crippen molar-refractivity contribution in [2.24, 2.45) is 7.05 Å². The molecule has 164 valence electrons. The first-order chi connectivity index (χ1) is 15.4. The predicted octanol–water partition coefficient (Wildman–Crippen LogP) is 3.89. The average Bonchev–Trinajstić information content (AvgIpc) is 3.23. The van der Waals surface area contributed by atoms with Crippen molar-refractivity contribution in [3.05, 3.63) is 76.7 Å². The molecule has 0 spiro atoms. The second-order valence-electron chi connectivity index (χ2n) is 7.53. The fourth-order valence-electron chi connectivity index (χ4n) is 3.60. The van der Waals surface area contributed by atoms with Crippen LogP contribution >= 0.6 is 12.2 Å². The van der Waals surface area contributed by atoms with E-state index in [0.29, 0.717) is 23.1 Å². The number of ether oxygens (including phenoxy) is 2. The van der Waals surface area contributed by atoms with Crippen molar-refractivity contribution in [2.45, 2.75) is 20.5 Å². The van der Waals surface area contributed by atoms with Crippen LogP contribution in [0, 0.1) is 13.8 Å². The maximum atomic E-state index is 13.1.